The van der Waals surface area contributed by atoms with Gasteiger partial charge in [0.15, 0.2) is 0 Å². The molecule has 0 spiro atoms. The summed E-state index contributed by atoms with van der Waals surface area (Å²) >= 11 is 0. The Balaban J connectivity index is 5.01. The Morgan fingerprint density at radius 1 is 0.650 bits per heavy atom. The highest BCUT2D eigenvalue weighted by Gasteiger charge is 2.27. The second kappa shape index (κ2) is 16.6. The van der Waals surface area contributed by atoms with Crippen LogP contribution in [0.5, 0.6) is 0 Å². The summed E-state index contributed by atoms with van der Waals surface area (Å²) in [5.41, 5.74) is -2.30. The topological polar surface area (TPSA) is 187 Å². The first kappa shape index (κ1) is 36.6. The van der Waals surface area contributed by atoms with E-state index in [-0.39, 0.29) is 22.9 Å². The summed E-state index contributed by atoms with van der Waals surface area (Å²) in [6.07, 6.45) is -1.79. The molecule has 4 amide bonds. The van der Waals surface area contributed by atoms with Gasteiger partial charge in [-0.3, -0.25) is 20.2 Å². The van der Waals surface area contributed by atoms with Gasteiger partial charge in [-0.15, -0.1) is 0 Å². The van der Waals surface area contributed by atoms with Crippen molar-refractivity contribution in [1.29, 1.82) is 0 Å². The van der Waals surface area contributed by atoms with Crippen LogP contribution in [0.4, 0.5) is 9.59 Å². The molecular formula is C24H38N4O10S2. The summed E-state index contributed by atoms with van der Waals surface area (Å²) in [4.78, 5) is 72.9. The maximum absolute atomic E-state index is 12.4. The maximum Gasteiger partial charge on any atom is 0.412 e. The van der Waals surface area contributed by atoms with Crippen molar-refractivity contribution in [1.82, 2.24) is 21.3 Å². The van der Waals surface area contributed by atoms with Crippen molar-refractivity contribution < 1.29 is 47.7 Å². The van der Waals surface area contributed by atoms with Crippen molar-refractivity contribution in [2.45, 2.75) is 64.8 Å². The van der Waals surface area contributed by atoms with E-state index in [1.165, 1.54) is 0 Å². The van der Waals surface area contributed by atoms with Gasteiger partial charge in [-0.2, -0.15) is 0 Å². The van der Waals surface area contributed by atoms with Gasteiger partial charge < -0.3 is 29.6 Å². The number of carbonyl (C=O) groups is 6. The molecule has 226 valence electrons. The van der Waals surface area contributed by atoms with Gasteiger partial charge in [0.25, 0.3) is 11.8 Å². The van der Waals surface area contributed by atoms with Gasteiger partial charge in [0, 0.05) is 11.5 Å². The van der Waals surface area contributed by atoms with Crippen molar-refractivity contribution in [3.63, 3.8) is 0 Å². The Labute approximate surface area is 241 Å². The Hall–Kier alpha value is -3.40. The Morgan fingerprint density at radius 3 is 1.20 bits per heavy atom. The molecule has 2 atom stereocenters. The normalized spacial score (nSPS) is 12.5. The quantitative estimate of drug-likeness (QED) is 0.0783. The molecule has 0 bridgehead atoms. The van der Waals surface area contributed by atoms with Crippen molar-refractivity contribution in [2.75, 3.05) is 25.7 Å². The van der Waals surface area contributed by atoms with Crippen LogP contribution in [0.3, 0.4) is 0 Å². The molecule has 0 saturated carbocycles. The number of alkyl carbamates (subject to hydrolysis) is 2. The summed E-state index contributed by atoms with van der Waals surface area (Å²) < 4.78 is 19.5. The second-order valence-corrected chi connectivity index (χ2v) is 12.4. The molecule has 16 heteroatoms. The van der Waals surface area contributed by atoms with Crippen LogP contribution in [0.15, 0.2) is 24.6 Å². The van der Waals surface area contributed by atoms with Crippen LogP contribution in [0.2, 0.25) is 0 Å². The van der Waals surface area contributed by atoms with E-state index in [1.54, 1.807) is 41.5 Å². The minimum atomic E-state index is -1.14. The minimum absolute atomic E-state index is 0.0163. The monoisotopic (exact) mass is 606 g/mol. The summed E-state index contributed by atoms with van der Waals surface area (Å²) in [5, 5.41) is 9.16. The van der Waals surface area contributed by atoms with Crippen LogP contribution >= 0.6 is 21.6 Å². The van der Waals surface area contributed by atoms with E-state index in [0.29, 0.717) is 0 Å². The Bertz CT molecular complexity index is 911. The first-order valence-corrected chi connectivity index (χ1v) is 14.2. The second-order valence-electron chi connectivity index (χ2n) is 9.88. The zero-order valence-electron chi connectivity index (χ0n) is 23.9. The maximum atomic E-state index is 12.4. The fourth-order valence-corrected chi connectivity index (χ4v) is 4.61. The lowest BCUT2D eigenvalue weighted by Crippen LogP contribution is -2.47. The van der Waals surface area contributed by atoms with E-state index in [4.69, 9.17) is 18.9 Å². The zero-order chi connectivity index (χ0) is 31.3. The predicted molar refractivity (Wildman–Crippen MR) is 150 cm³/mol. The number of esters is 2. The molecular weight excluding hydrogens is 568 g/mol. The fourth-order valence-electron chi connectivity index (χ4n) is 2.31. The number of hydrogen-bond acceptors (Lipinski definition) is 12. The van der Waals surface area contributed by atoms with E-state index in [1.807, 2.05) is 0 Å². The minimum Gasteiger partial charge on any atom is -0.467 e. The molecule has 0 aromatic heterocycles. The fraction of sp³-hybridized carbons (Fsp3) is 0.583. The van der Waals surface area contributed by atoms with E-state index in [9.17, 15) is 28.8 Å². The largest absolute Gasteiger partial charge is 0.467 e. The van der Waals surface area contributed by atoms with E-state index >= 15 is 0 Å². The molecule has 0 aromatic rings. The van der Waals surface area contributed by atoms with Gasteiger partial charge in [-0.25, -0.2) is 19.2 Å². The number of methoxy groups -OCH3 is 2. The first-order valence-electron chi connectivity index (χ1n) is 11.7. The van der Waals surface area contributed by atoms with Crippen molar-refractivity contribution in [2.24, 2.45) is 0 Å². The Kier molecular flexibility index (Phi) is 15.2. The molecule has 0 saturated heterocycles. The summed E-state index contributed by atoms with van der Waals surface area (Å²) in [5.74, 6) is -3.26. The van der Waals surface area contributed by atoms with Crippen LogP contribution < -0.4 is 21.3 Å². The van der Waals surface area contributed by atoms with Gasteiger partial charge in [0.05, 0.1) is 14.2 Å². The van der Waals surface area contributed by atoms with E-state index in [2.05, 4.69) is 34.4 Å². The van der Waals surface area contributed by atoms with Crippen molar-refractivity contribution in [3.05, 3.63) is 24.6 Å². The highest BCUT2D eigenvalue weighted by molar-refractivity contribution is 8.76. The van der Waals surface area contributed by atoms with Gasteiger partial charge in [0.1, 0.15) is 34.7 Å². The SMILES string of the molecule is C=C(NC(=O)OC(C)(C)C)C(=O)N[C@@H](CSSC[C@H](NC(=O)C(=C)NC(=O)OC(C)(C)C)C(=O)OC)C(=O)OC. The highest BCUT2D eigenvalue weighted by atomic mass is 33.1. The van der Waals surface area contributed by atoms with Gasteiger partial charge in [-0.1, -0.05) is 34.7 Å². The molecule has 0 aliphatic rings. The third-order valence-electron chi connectivity index (χ3n) is 3.99. The van der Waals surface area contributed by atoms with Crippen molar-refractivity contribution in [3.8, 4) is 0 Å². The molecule has 4 N–H and O–H groups in total. The van der Waals surface area contributed by atoms with Crippen LogP contribution in [-0.2, 0) is 38.1 Å². The van der Waals surface area contributed by atoms with Crippen molar-refractivity contribution >= 4 is 57.5 Å². The number of rotatable bonds is 13. The van der Waals surface area contributed by atoms with Gasteiger partial charge in [-0.05, 0) is 41.5 Å². The molecule has 0 aliphatic carbocycles. The van der Waals surface area contributed by atoms with Crippen LogP contribution in [0, 0.1) is 0 Å². The highest BCUT2D eigenvalue weighted by Crippen LogP contribution is 2.24. The lowest BCUT2D eigenvalue weighted by atomic mass is 10.2. The average Bonchev–Trinajstić information content (AvgIpc) is 2.80. The lowest BCUT2D eigenvalue weighted by Gasteiger charge is -2.21. The molecule has 0 radical (unpaired) electrons. The average molecular weight is 607 g/mol. The summed E-state index contributed by atoms with van der Waals surface area (Å²) in [6.45, 7) is 16.8. The summed E-state index contributed by atoms with van der Waals surface area (Å²) in [7, 11) is 4.42. The third kappa shape index (κ3) is 15.9. The zero-order valence-corrected chi connectivity index (χ0v) is 25.5. The number of carbonyl (C=O) groups excluding carboxylic acids is 6. The molecule has 0 heterocycles. The van der Waals surface area contributed by atoms with Crippen LogP contribution in [-0.4, -0.2) is 85.0 Å². The summed E-state index contributed by atoms with van der Waals surface area (Å²) in [6, 6.07) is -2.28. The Morgan fingerprint density at radius 2 is 0.950 bits per heavy atom. The molecule has 0 rings (SSSR count). The molecule has 0 unspecified atom stereocenters. The standard InChI is InChI=1S/C24H38N4O10S2/c1-13(25-21(33)37-23(3,4)5)17(29)27-15(19(31)35-9)11-39-40-12-16(20(32)36-10)28-18(30)14(2)26-22(34)38-24(6,7)8/h15-16H,1-2,11-12H2,3-10H3,(H,25,33)(H,26,34)(H,27,29)(H,28,30)/t15-,16-/m0/s1. The van der Waals surface area contributed by atoms with E-state index < -0.39 is 59.2 Å². The molecule has 14 nitrogen and oxygen atoms in total. The third-order valence-corrected chi connectivity index (χ3v) is 6.41. The number of ether oxygens (including phenoxy) is 4. The molecule has 40 heavy (non-hydrogen) atoms. The number of hydrogen-bond donors (Lipinski definition) is 4. The lowest BCUT2D eigenvalue weighted by molar-refractivity contribution is -0.144. The first-order chi connectivity index (χ1) is 18.3. The van der Waals surface area contributed by atoms with Crippen LogP contribution in [0.25, 0.3) is 0 Å². The van der Waals surface area contributed by atoms with Crippen LogP contribution in [0.1, 0.15) is 41.5 Å². The van der Waals surface area contributed by atoms with E-state index in [0.717, 1.165) is 35.8 Å². The predicted octanol–water partition coefficient (Wildman–Crippen LogP) is 1.76. The smallest absolute Gasteiger partial charge is 0.412 e. The molecule has 0 aromatic carbocycles. The number of nitrogens with one attached hydrogen (secondary N) is 4. The molecule has 0 fully saturated rings. The van der Waals surface area contributed by atoms with Gasteiger partial charge >= 0.3 is 24.1 Å². The number of amides is 4. The molecule has 0 aliphatic heterocycles. The van der Waals surface area contributed by atoms with Gasteiger partial charge in [0.2, 0.25) is 0 Å².